The zero-order valence-corrected chi connectivity index (χ0v) is 12.1. The molecule has 0 aromatic heterocycles. The highest BCUT2D eigenvalue weighted by Gasteiger charge is 2.13. The van der Waals surface area contributed by atoms with E-state index in [4.69, 9.17) is 10.00 Å². The summed E-state index contributed by atoms with van der Waals surface area (Å²) in [7, 11) is 0. The second-order valence-electron chi connectivity index (χ2n) is 4.80. The van der Waals surface area contributed by atoms with Crippen LogP contribution in [0.5, 0.6) is 5.75 Å². The van der Waals surface area contributed by atoms with E-state index in [-0.39, 0.29) is 6.61 Å². The Morgan fingerprint density at radius 2 is 1.95 bits per heavy atom. The molecule has 0 aliphatic rings. The summed E-state index contributed by atoms with van der Waals surface area (Å²) in [4.78, 5) is 0. The minimum absolute atomic E-state index is 0.0963. The van der Waals surface area contributed by atoms with Crippen molar-refractivity contribution in [3.63, 3.8) is 0 Å². The maximum Gasteiger partial charge on any atom is 0.174 e. The average molecular weight is 260 g/mol. The highest BCUT2D eigenvalue weighted by Crippen LogP contribution is 2.19. The molecule has 0 saturated carbocycles. The molecule has 3 nitrogen and oxygen atoms in total. The highest BCUT2D eigenvalue weighted by molar-refractivity contribution is 5.33. The summed E-state index contributed by atoms with van der Waals surface area (Å²) in [5.74, 6) is 1.50. The fourth-order valence-electron chi connectivity index (χ4n) is 2.33. The van der Waals surface area contributed by atoms with Crippen molar-refractivity contribution in [2.45, 2.75) is 46.2 Å². The number of benzene rings is 1. The Hall–Kier alpha value is -1.53. The Labute approximate surface area is 116 Å². The van der Waals surface area contributed by atoms with Gasteiger partial charge in [0.2, 0.25) is 0 Å². The van der Waals surface area contributed by atoms with Crippen molar-refractivity contribution in [3.8, 4) is 11.8 Å². The lowest BCUT2D eigenvalue weighted by Crippen LogP contribution is -2.32. The molecule has 0 aliphatic heterocycles. The van der Waals surface area contributed by atoms with Gasteiger partial charge in [-0.15, -0.1) is 0 Å². The maximum absolute atomic E-state index is 8.58. The van der Waals surface area contributed by atoms with E-state index in [1.807, 2.05) is 30.3 Å². The molecule has 1 unspecified atom stereocenters. The quantitative estimate of drug-likeness (QED) is 0.778. The van der Waals surface area contributed by atoms with Crippen molar-refractivity contribution >= 4 is 0 Å². The van der Waals surface area contributed by atoms with Crippen LogP contribution in [0.4, 0.5) is 0 Å². The maximum atomic E-state index is 8.58. The first-order valence-electron chi connectivity index (χ1n) is 7.03. The minimum Gasteiger partial charge on any atom is -0.478 e. The Morgan fingerprint density at radius 1 is 1.26 bits per heavy atom. The molecule has 1 rings (SSSR count). The molecule has 19 heavy (non-hydrogen) atoms. The summed E-state index contributed by atoms with van der Waals surface area (Å²) in [6, 6.07) is 10.4. The van der Waals surface area contributed by atoms with E-state index in [0.717, 1.165) is 17.9 Å². The van der Waals surface area contributed by atoms with Crippen LogP contribution in [0.15, 0.2) is 24.3 Å². The van der Waals surface area contributed by atoms with Gasteiger partial charge in [0.1, 0.15) is 11.8 Å². The van der Waals surface area contributed by atoms with Gasteiger partial charge < -0.3 is 10.1 Å². The topological polar surface area (TPSA) is 45.0 Å². The number of nitrogens with zero attached hydrogens (tertiary/aromatic N) is 1. The Bertz CT molecular complexity index is 407. The standard InChI is InChI=1S/C16H24N2O/c1-4-14(5-2)13(3)18-12-15-8-6-7-9-16(15)19-11-10-17/h6-9,13-14,18H,4-5,11-12H2,1-3H3. The van der Waals surface area contributed by atoms with Crippen LogP contribution >= 0.6 is 0 Å². The first-order valence-corrected chi connectivity index (χ1v) is 7.03. The van der Waals surface area contributed by atoms with Crippen molar-refractivity contribution in [3.05, 3.63) is 29.8 Å². The van der Waals surface area contributed by atoms with Crippen LogP contribution in [0, 0.1) is 17.2 Å². The number of rotatable bonds is 8. The molecule has 3 heteroatoms. The average Bonchev–Trinajstić information content (AvgIpc) is 2.45. The van der Waals surface area contributed by atoms with Crippen LogP contribution < -0.4 is 10.1 Å². The molecule has 1 aromatic carbocycles. The number of nitrogens with one attached hydrogen (secondary N) is 1. The molecule has 0 fully saturated rings. The zero-order chi connectivity index (χ0) is 14.1. The van der Waals surface area contributed by atoms with E-state index >= 15 is 0 Å². The van der Waals surface area contributed by atoms with Gasteiger partial charge in [-0.2, -0.15) is 5.26 Å². The highest BCUT2D eigenvalue weighted by atomic mass is 16.5. The Kier molecular flexibility index (Phi) is 6.99. The smallest absolute Gasteiger partial charge is 0.174 e. The molecule has 0 radical (unpaired) electrons. The van der Waals surface area contributed by atoms with Gasteiger partial charge in [-0.05, 0) is 18.9 Å². The number of nitriles is 1. The second-order valence-corrected chi connectivity index (χ2v) is 4.80. The predicted octanol–water partition coefficient (Wildman–Crippen LogP) is 3.50. The zero-order valence-electron chi connectivity index (χ0n) is 12.1. The lowest BCUT2D eigenvalue weighted by molar-refractivity contribution is 0.341. The molecule has 0 saturated heterocycles. The number of para-hydroxylation sites is 1. The Morgan fingerprint density at radius 3 is 2.58 bits per heavy atom. The first kappa shape index (κ1) is 15.5. The molecule has 1 atom stereocenters. The molecule has 0 amide bonds. The summed E-state index contributed by atoms with van der Waals surface area (Å²) in [6.07, 6.45) is 2.38. The number of hydrogen-bond donors (Lipinski definition) is 1. The van der Waals surface area contributed by atoms with E-state index in [9.17, 15) is 0 Å². The molecule has 0 aliphatic carbocycles. The molecule has 1 N–H and O–H groups in total. The van der Waals surface area contributed by atoms with E-state index in [0.29, 0.717) is 12.0 Å². The van der Waals surface area contributed by atoms with E-state index in [1.54, 1.807) is 0 Å². The van der Waals surface area contributed by atoms with E-state index in [2.05, 4.69) is 26.1 Å². The van der Waals surface area contributed by atoms with Crippen molar-refractivity contribution in [2.75, 3.05) is 6.61 Å². The largest absolute Gasteiger partial charge is 0.478 e. The van der Waals surface area contributed by atoms with E-state index in [1.165, 1.54) is 12.8 Å². The van der Waals surface area contributed by atoms with Crippen LogP contribution in [-0.2, 0) is 6.54 Å². The summed E-state index contributed by atoms with van der Waals surface area (Å²) in [5, 5.41) is 12.1. The fourth-order valence-corrected chi connectivity index (χ4v) is 2.33. The van der Waals surface area contributed by atoms with Crippen molar-refractivity contribution in [1.82, 2.24) is 5.32 Å². The third-order valence-corrected chi connectivity index (χ3v) is 3.64. The molecule has 0 spiro atoms. The normalized spacial score (nSPS) is 12.2. The van der Waals surface area contributed by atoms with Crippen LogP contribution in [-0.4, -0.2) is 12.6 Å². The van der Waals surface area contributed by atoms with Crippen LogP contribution in [0.3, 0.4) is 0 Å². The van der Waals surface area contributed by atoms with Gasteiger partial charge >= 0.3 is 0 Å². The molecular formula is C16H24N2O. The van der Waals surface area contributed by atoms with Gasteiger partial charge in [0, 0.05) is 18.2 Å². The van der Waals surface area contributed by atoms with Crippen molar-refractivity contribution < 1.29 is 4.74 Å². The second kappa shape index (κ2) is 8.55. The summed E-state index contributed by atoms with van der Waals surface area (Å²) >= 11 is 0. The van der Waals surface area contributed by atoms with Crippen LogP contribution in [0.1, 0.15) is 39.2 Å². The predicted molar refractivity (Wildman–Crippen MR) is 77.9 cm³/mol. The van der Waals surface area contributed by atoms with Gasteiger partial charge in [0.25, 0.3) is 0 Å². The third kappa shape index (κ3) is 4.92. The lowest BCUT2D eigenvalue weighted by Gasteiger charge is -2.23. The number of ether oxygens (including phenoxy) is 1. The minimum atomic E-state index is 0.0963. The fraction of sp³-hybridized carbons (Fsp3) is 0.562. The van der Waals surface area contributed by atoms with Gasteiger partial charge in [-0.3, -0.25) is 0 Å². The van der Waals surface area contributed by atoms with E-state index < -0.39 is 0 Å². The summed E-state index contributed by atoms with van der Waals surface area (Å²) in [5.41, 5.74) is 1.11. The molecular weight excluding hydrogens is 236 g/mol. The van der Waals surface area contributed by atoms with Crippen molar-refractivity contribution in [1.29, 1.82) is 5.26 Å². The van der Waals surface area contributed by atoms with Crippen LogP contribution in [0.25, 0.3) is 0 Å². The molecule has 0 bridgehead atoms. The number of hydrogen-bond acceptors (Lipinski definition) is 3. The molecule has 1 aromatic rings. The van der Waals surface area contributed by atoms with Gasteiger partial charge in [-0.25, -0.2) is 0 Å². The summed E-state index contributed by atoms with van der Waals surface area (Å²) in [6.45, 7) is 7.57. The van der Waals surface area contributed by atoms with Gasteiger partial charge in [0.05, 0.1) is 0 Å². The van der Waals surface area contributed by atoms with Gasteiger partial charge in [-0.1, -0.05) is 44.9 Å². The Balaban J connectivity index is 2.59. The van der Waals surface area contributed by atoms with Crippen molar-refractivity contribution in [2.24, 2.45) is 5.92 Å². The summed E-state index contributed by atoms with van der Waals surface area (Å²) < 4.78 is 5.43. The first-order chi connectivity index (χ1) is 9.22. The third-order valence-electron chi connectivity index (χ3n) is 3.64. The van der Waals surface area contributed by atoms with Crippen LogP contribution in [0.2, 0.25) is 0 Å². The lowest BCUT2D eigenvalue weighted by atomic mass is 9.95. The molecule has 0 heterocycles. The van der Waals surface area contributed by atoms with Gasteiger partial charge in [0.15, 0.2) is 6.61 Å². The SMILES string of the molecule is CCC(CC)C(C)NCc1ccccc1OCC#N. The molecule has 104 valence electrons. The monoisotopic (exact) mass is 260 g/mol.